The summed E-state index contributed by atoms with van der Waals surface area (Å²) >= 11 is 0. The molecule has 1 aliphatic rings. The third-order valence-corrected chi connectivity index (χ3v) is 5.85. The van der Waals surface area contributed by atoms with E-state index in [0.29, 0.717) is 53.3 Å². The molecule has 37 heavy (non-hydrogen) atoms. The van der Waals surface area contributed by atoms with Crippen LogP contribution in [0.2, 0.25) is 0 Å². The number of anilines is 2. The van der Waals surface area contributed by atoms with Gasteiger partial charge in [-0.05, 0) is 49.6 Å². The topological polar surface area (TPSA) is 116 Å². The lowest BCUT2D eigenvalue weighted by molar-refractivity contribution is -0.117. The lowest BCUT2D eigenvalue weighted by Gasteiger charge is -2.14. The molecule has 4 aromatic rings. The van der Waals surface area contributed by atoms with E-state index in [-0.39, 0.29) is 17.7 Å². The molecule has 5 rings (SSSR count). The van der Waals surface area contributed by atoms with Crippen molar-refractivity contribution in [2.45, 2.75) is 19.8 Å². The second-order valence-corrected chi connectivity index (χ2v) is 8.73. The van der Waals surface area contributed by atoms with Crippen molar-refractivity contribution in [3.8, 4) is 17.4 Å². The van der Waals surface area contributed by atoms with E-state index in [0.717, 1.165) is 18.4 Å². The van der Waals surface area contributed by atoms with Crippen LogP contribution in [0.25, 0.3) is 5.65 Å². The van der Waals surface area contributed by atoms with Crippen molar-refractivity contribution >= 4 is 29.0 Å². The van der Waals surface area contributed by atoms with Crippen LogP contribution < -0.4 is 20.1 Å². The fraction of sp³-hybridized carbons (Fsp3) is 0.259. The summed E-state index contributed by atoms with van der Waals surface area (Å²) < 4.78 is 18.2. The van der Waals surface area contributed by atoms with Crippen molar-refractivity contribution in [1.29, 1.82) is 0 Å². The van der Waals surface area contributed by atoms with Crippen LogP contribution in [0.4, 0.5) is 11.5 Å². The highest BCUT2D eigenvalue weighted by Gasteiger charge is 2.30. The third kappa shape index (κ3) is 5.87. The summed E-state index contributed by atoms with van der Waals surface area (Å²) in [7, 11) is 1.59. The molecule has 0 spiro atoms. The number of hydrogen-bond acceptors (Lipinski definition) is 7. The molecule has 1 aliphatic carbocycles. The number of carbonyl (C=O) groups excluding carboxylic acids is 2. The molecule has 2 aromatic heterocycles. The molecule has 2 N–H and O–H groups in total. The second-order valence-electron chi connectivity index (χ2n) is 8.73. The number of aromatic nitrogens is 3. The average Bonchev–Trinajstić information content (AvgIpc) is 3.67. The van der Waals surface area contributed by atoms with E-state index >= 15 is 0 Å². The molecular weight excluding hydrogens is 474 g/mol. The van der Waals surface area contributed by atoms with Gasteiger partial charge in [0.05, 0.1) is 18.4 Å². The predicted octanol–water partition coefficient (Wildman–Crippen LogP) is 4.46. The predicted molar refractivity (Wildman–Crippen MR) is 137 cm³/mol. The lowest BCUT2D eigenvalue weighted by Crippen LogP contribution is -2.15. The van der Waals surface area contributed by atoms with Gasteiger partial charge in [0.25, 0.3) is 5.91 Å². The Morgan fingerprint density at radius 3 is 2.70 bits per heavy atom. The summed E-state index contributed by atoms with van der Waals surface area (Å²) in [6, 6.07) is 15.9. The minimum absolute atomic E-state index is 0.0155. The minimum Gasteiger partial charge on any atom is -0.490 e. The van der Waals surface area contributed by atoms with Gasteiger partial charge in [-0.25, -0.2) is 9.50 Å². The fourth-order valence-electron chi connectivity index (χ4n) is 3.68. The van der Waals surface area contributed by atoms with Crippen molar-refractivity contribution in [3.63, 3.8) is 0 Å². The molecule has 0 bridgehead atoms. The van der Waals surface area contributed by atoms with Gasteiger partial charge in [0.1, 0.15) is 18.1 Å². The molecule has 2 heterocycles. The smallest absolute Gasteiger partial charge is 0.259 e. The Balaban J connectivity index is 1.29. The fourth-order valence-corrected chi connectivity index (χ4v) is 3.68. The van der Waals surface area contributed by atoms with E-state index in [1.54, 1.807) is 60.3 Å². The summed E-state index contributed by atoms with van der Waals surface area (Å²) in [6.45, 7) is 2.66. The Bertz CT molecular complexity index is 1450. The van der Waals surface area contributed by atoms with E-state index < -0.39 is 0 Å². The Kier molecular flexibility index (Phi) is 7.00. The Morgan fingerprint density at radius 2 is 1.89 bits per heavy atom. The van der Waals surface area contributed by atoms with Gasteiger partial charge in [-0.3, -0.25) is 9.59 Å². The van der Waals surface area contributed by atoms with E-state index in [9.17, 15) is 9.59 Å². The maximum Gasteiger partial charge on any atom is 0.259 e. The Morgan fingerprint density at radius 1 is 1.05 bits per heavy atom. The van der Waals surface area contributed by atoms with Gasteiger partial charge < -0.3 is 24.8 Å². The van der Waals surface area contributed by atoms with Crippen molar-refractivity contribution in [2.24, 2.45) is 5.92 Å². The number of fused-ring (bicyclic) bond motifs is 1. The number of imidazole rings is 1. The molecule has 2 aromatic carbocycles. The largest absolute Gasteiger partial charge is 0.490 e. The van der Waals surface area contributed by atoms with Crippen LogP contribution in [0.1, 0.15) is 28.8 Å². The minimum atomic E-state index is -0.299. The van der Waals surface area contributed by atoms with Gasteiger partial charge in [0, 0.05) is 30.8 Å². The molecule has 0 atom stereocenters. The molecule has 10 nitrogen and oxygen atoms in total. The second kappa shape index (κ2) is 10.7. The number of ether oxygens (including phenoxy) is 3. The molecule has 2 amide bonds. The quantitative estimate of drug-likeness (QED) is 0.308. The van der Waals surface area contributed by atoms with Gasteiger partial charge in [-0.2, -0.15) is 0 Å². The van der Waals surface area contributed by atoms with Gasteiger partial charge in [-0.15, -0.1) is 5.10 Å². The molecule has 190 valence electrons. The van der Waals surface area contributed by atoms with E-state index in [4.69, 9.17) is 14.2 Å². The number of rotatable bonds is 10. The first kappa shape index (κ1) is 24.3. The van der Waals surface area contributed by atoms with Gasteiger partial charge in [0.15, 0.2) is 11.5 Å². The van der Waals surface area contributed by atoms with Crippen LogP contribution in [-0.2, 0) is 9.53 Å². The first-order valence-electron chi connectivity index (χ1n) is 12.0. The maximum absolute atomic E-state index is 13.0. The lowest BCUT2D eigenvalue weighted by atomic mass is 10.1. The van der Waals surface area contributed by atoms with Crippen molar-refractivity contribution in [2.75, 3.05) is 31.0 Å². The van der Waals surface area contributed by atoms with E-state index in [1.807, 2.05) is 19.1 Å². The van der Waals surface area contributed by atoms with Crippen LogP contribution in [-0.4, -0.2) is 46.7 Å². The van der Waals surface area contributed by atoms with Gasteiger partial charge >= 0.3 is 0 Å². The molecule has 0 unspecified atom stereocenters. The standard InChI is InChI=1S/C27H27N5O5/c1-17-7-10-19(15-21(17)28-27(34)20-5-3-4-6-22(20)36-14-13-35-2)37-25-12-11-24-29-23(16-32(24)31-25)30-26(33)18-8-9-18/h3-7,10-12,15-16,18H,8-9,13-14H2,1-2H3,(H,28,34)(H,30,33). The number of aryl methyl sites for hydroxylation is 1. The number of para-hydroxylation sites is 1. The normalized spacial score (nSPS) is 12.8. The number of carbonyl (C=O) groups is 2. The van der Waals surface area contributed by atoms with E-state index in [1.165, 1.54) is 0 Å². The maximum atomic E-state index is 13.0. The van der Waals surface area contributed by atoms with Gasteiger partial charge in [-0.1, -0.05) is 18.2 Å². The van der Waals surface area contributed by atoms with E-state index in [2.05, 4.69) is 20.7 Å². The number of nitrogens with zero attached hydrogens (tertiary/aromatic N) is 3. The number of hydrogen-bond donors (Lipinski definition) is 2. The highest BCUT2D eigenvalue weighted by Crippen LogP contribution is 2.30. The molecule has 0 aliphatic heterocycles. The van der Waals surface area contributed by atoms with Crippen molar-refractivity contribution in [3.05, 3.63) is 71.9 Å². The zero-order chi connectivity index (χ0) is 25.8. The molecule has 10 heteroatoms. The van der Waals surface area contributed by atoms with Crippen LogP contribution in [0.3, 0.4) is 0 Å². The van der Waals surface area contributed by atoms with Crippen LogP contribution in [0.15, 0.2) is 60.8 Å². The highest BCUT2D eigenvalue weighted by atomic mass is 16.5. The summed E-state index contributed by atoms with van der Waals surface area (Å²) in [5.74, 6) is 1.54. The SMILES string of the molecule is COCCOc1ccccc1C(=O)Nc1cc(Oc2ccc3nc(NC(=O)C4CC4)cn3n2)ccc1C. The van der Waals surface area contributed by atoms with Crippen LogP contribution in [0.5, 0.6) is 17.4 Å². The molecule has 1 saturated carbocycles. The molecule has 0 saturated heterocycles. The zero-order valence-electron chi connectivity index (χ0n) is 20.6. The number of benzene rings is 2. The highest BCUT2D eigenvalue weighted by molar-refractivity contribution is 6.06. The van der Waals surface area contributed by atoms with Crippen molar-refractivity contribution < 1.29 is 23.8 Å². The summed E-state index contributed by atoms with van der Waals surface area (Å²) in [4.78, 5) is 29.4. The number of methoxy groups -OCH3 is 1. The Hall–Kier alpha value is -4.44. The average molecular weight is 502 g/mol. The number of amides is 2. The summed E-state index contributed by atoms with van der Waals surface area (Å²) in [5.41, 5.74) is 2.47. The molecule has 0 radical (unpaired) electrons. The molecular formula is C27H27N5O5. The Labute approximate surface area is 213 Å². The third-order valence-electron chi connectivity index (χ3n) is 5.85. The first-order valence-corrected chi connectivity index (χ1v) is 12.0. The zero-order valence-corrected chi connectivity index (χ0v) is 20.6. The van der Waals surface area contributed by atoms with Gasteiger partial charge in [0.2, 0.25) is 11.8 Å². The summed E-state index contributed by atoms with van der Waals surface area (Å²) in [6.07, 6.45) is 3.49. The van der Waals surface area contributed by atoms with Crippen LogP contribution in [0, 0.1) is 12.8 Å². The van der Waals surface area contributed by atoms with Crippen molar-refractivity contribution in [1.82, 2.24) is 14.6 Å². The first-order chi connectivity index (χ1) is 18.0. The van der Waals surface area contributed by atoms with Crippen LogP contribution >= 0.6 is 0 Å². The number of nitrogens with one attached hydrogen (secondary N) is 2. The summed E-state index contributed by atoms with van der Waals surface area (Å²) in [5, 5.41) is 10.2. The monoisotopic (exact) mass is 501 g/mol. The molecule has 1 fully saturated rings.